The third-order valence-electron chi connectivity index (χ3n) is 3.78. The van der Waals surface area contributed by atoms with Crippen LogP contribution in [0.4, 0.5) is 5.69 Å². The number of aryl methyl sites for hydroxylation is 1. The number of anilines is 1. The number of hydrogen-bond acceptors (Lipinski definition) is 3. The quantitative estimate of drug-likeness (QED) is 0.917. The SMILES string of the molecule is CCC1(CC)Oc2ccc(C)cc2N(CC(=O)O)C1=O. The van der Waals surface area contributed by atoms with Gasteiger partial charge in [-0.3, -0.25) is 14.5 Å². The molecule has 1 aliphatic heterocycles. The van der Waals surface area contributed by atoms with Gasteiger partial charge in [-0.05, 0) is 37.5 Å². The number of carboxylic acid groups (broad SMARTS) is 1. The minimum atomic E-state index is -1.03. The van der Waals surface area contributed by atoms with E-state index in [0.717, 1.165) is 5.56 Å². The summed E-state index contributed by atoms with van der Waals surface area (Å²) in [5.41, 5.74) is 0.531. The van der Waals surface area contributed by atoms with Gasteiger partial charge in [0.05, 0.1) is 5.69 Å². The number of benzene rings is 1. The number of carboxylic acids is 1. The molecule has 1 aromatic carbocycles. The molecule has 2 rings (SSSR count). The van der Waals surface area contributed by atoms with Gasteiger partial charge < -0.3 is 9.84 Å². The highest BCUT2D eigenvalue weighted by Gasteiger charge is 2.46. The van der Waals surface area contributed by atoms with Crippen molar-refractivity contribution in [1.82, 2.24) is 0 Å². The second kappa shape index (κ2) is 5.15. The van der Waals surface area contributed by atoms with Crippen molar-refractivity contribution in [3.05, 3.63) is 23.8 Å². The fourth-order valence-electron chi connectivity index (χ4n) is 2.52. The lowest BCUT2D eigenvalue weighted by Gasteiger charge is -2.41. The molecule has 0 aromatic heterocycles. The van der Waals surface area contributed by atoms with E-state index < -0.39 is 11.6 Å². The molecule has 108 valence electrons. The molecule has 0 aliphatic carbocycles. The zero-order valence-corrected chi connectivity index (χ0v) is 12.0. The first-order valence-electron chi connectivity index (χ1n) is 6.77. The molecule has 0 unspecified atom stereocenters. The van der Waals surface area contributed by atoms with Crippen LogP contribution in [0.1, 0.15) is 32.3 Å². The van der Waals surface area contributed by atoms with Gasteiger partial charge in [0, 0.05) is 0 Å². The Balaban J connectivity index is 2.55. The van der Waals surface area contributed by atoms with Crippen LogP contribution >= 0.6 is 0 Å². The Labute approximate surface area is 118 Å². The van der Waals surface area contributed by atoms with E-state index in [1.165, 1.54) is 4.90 Å². The zero-order chi connectivity index (χ0) is 14.9. The Morgan fingerprint density at radius 1 is 1.35 bits per heavy atom. The van der Waals surface area contributed by atoms with Crippen molar-refractivity contribution in [1.29, 1.82) is 0 Å². The van der Waals surface area contributed by atoms with E-state index in [9.17, 15) is 9.59 Å². The molecule has 1 heterocycles. The van der Waals surface area contributed by atoms with Gasteiger partial charge in [0.25, 0.3) is 5.91 Å². The Bertz CT molecular complexity index is 549. The molecule has 0 bridgehead atoms. The molecule has 5 heteroatoms. The Hall–Kier alpha value is -2.04. The van der Waals surface area contributed by atoms with Gasteiger partial charge in [0.2, 0.25) is 0 Å². The number of amides is 1. The number of rotatable bonds is 4. The van der Waals surface area contributed by atoms with E-state index in [4.69, 9.17) is 9.84 Å². The summed E-state index contributed by atoms with van der Waals surface area (Å²) < 4.78 is 5.91. The van der Waals surface area contributed by atoms with E-state index in [0.29, 0.717) is 24.3 Å². The average molecular weight is 277 g/mol. The van der Waals surface area contributed by atoms with E-state index in [1.807, 2.05) is 26.8 Å². The highest BCUT2D eigenvalue weighted by atomic mass is 16.5. The Kier molecular flexibility index (Phi) is 3.70. The van der Waals surface area contributed by atoms with E-state index in [-0.39, 0.29) is 12.5 Å². The maximum atomic E-state index is 12.7. The first-order valence-corrected chi connectivity index (χ1v) is 6.77. The standard InChI is InChI=1S/C15H19NO4/c1-4-15(5-2)14(19)16(9-13(17)18)11-8-10(3)6-7-12(11)20-15/h6-8H,4-5,9H2,1-3H3,(H,17,18). The van der Waals surface area contributed by atoms with Crippen LogP contribution in [-0.4, -0.2) is 29.1 Å². The highest BCUT2D eigenvalue weighted by molar-refractivity contribution is 6.05. The van der Waals surface area contributed by atoms with Crippen molar-refractivity contribution in [2.45, 2.75) is 39.2 Å². The predicted molar refractivity (Wildman–Crippen MR) is 75.1 cm³/mol. The lowest BCUT2D eigenvalue weighted by molar-refractivity contribution is -0.141. The second-order valence-corrected chi connectivity index (χ2v) is 5.06. The molecule has 1 amide bonds. The minimum Gasteiger partial charge on any atom is -0.480 e. The maximum absolute atomic E-state index is 12.7. The molecule has 0 saturated heterocycles. The Morgan fingerprint density at radius 3 is 2.55 bits per heavy atom. The number of carbonyl (C=O) groups is 2. The maximum Gasteiger partial charge on any atom is 0.323 e. The van der Waals surface area contributed by atoms with E-state index >= 15 is 0 Å². The normalized spacial score (nSPS) is 16.6. The van der Waals surface area contributed by atoms with Crippen LogP contribution in [0.2, 0.25) is 0 Å². The number of fused-ring (bicyclic) bond motifs is 1. The topological polar surface area (TPSA) is 66.8 Å². The second-order valence-electron chi connectivity index (χ2n) is 5.06. The molecule has 0 saturated carbocycles. The lowest BCUT2D eigenvalue weighted by atomic mass is 9.92. The van der Waals surface area contributed by atoms with E-state index in [1.54, 1.807) is 12.1 Å². The summed E-state index contributed by atoms with van der Waals surface area (Å²) >= 11 is 0. The lowest BCUT2D eigenvalue weighted by Crippen LogP contribution is -2.56. The van der Waals surface area contributed by atoms with Crippen LogP contribution < -0.4 is 9.64 Å². The summed E-state index contributed by atoms with van der Waals surface area (Å²) in [4.78, 5) is 25.0. The number of hydrogen-bond donors (Lipinski definition) is 1. The fraction of sp³-hybridized carbons (Fsp3) is 0.467. The molecule has 0 spiro atoms. The van der Waals surface area contributed by atoms with Crippen molar-refractivity contribution in [2.24, 2.45) is 0 Å². The van der Waals surface area contributed by atoms with Crippen molar-refractivity contribution in [3.8, 4) is 5.75 Å². The molecule has 1 aromatic rings. The number of nitrogens with zero attached hydrogens (tertiary/aromatic N) is 1. The summed E-state index contributed by atoms with van der Waals surface area (Å²) in [5.74, 6) is -0.739. The van der Waals surface area contributed by atoms with Crippen LogP contribution in [0.5, 0.6) is 5.75 Å². The molecule has 1 aliphatic rings. The van der Waals surface area contributed by atoms with Gasteiger partial charge in [-0.15, -0.1) is 0 Å². The van der Waals surface area contributed by atoms with Crippen molar-refractivity contribution < 1.29 is 19.4 Å². The summed E-state index contributed by atoms with van der Waals surface area (Å²) in [7, 11) is 0. The summed E-state index contributed by atoms with van der Waals surface area (Å²) in [6, 6.07) is 5.47. The molecule has 0 atom stereocenters. The number of carbonyl (C=O) groups excluding carboxylic acids is 1. The van der Waals surface area contributed by atoms with Gasteiger partial charge in [-0.2, -0.15) is 0 Å². The van der Waals surface area contributed by atoms with Crippen molar-refractivity contribution >= 4 is 17.6 Å². The molecule has 1 N–H and O–H groups in total. The van der Waals surface area contributed by atoms with Gasteiger partial charge in [-0.25, -0.2) is 0 Å². The van der Waals surface area contributed by atoms with E-state index in [2.05, 4.69) is 0 Å². The minimum absolute atomic E-state index is 0.275. The Morgan fingerprint density at radius 2 is 2.00 bits per heavy atom. The molecular formula is C15H19NO4. The van der Waals surface area contributed by atoms with Gasteiger partial charge in [0.15, 0.2) is 5.60 Å². The summed E-state index contributed by atoms with van der Waals surface area (Å²) in [6.07, 6.45) is 1.01. The first-order chi connectivity index (χ1) is 9.43. The fourth-order valence-corrected chi connectivity index (χ4v) is 2.52. The molecule has 5 nitrogen and oxygen atoms in total. The number of aliphatic carboxylic acids is 1. The van der Waals surface area contributed by atoms with Crippen molar-refractivity contribution in [3.63, 3.8) is 0 Å². The smallest absolute Gasteiger partial charge is 0.323 e. The molecular weight excluding hydrogens is 258 g/mol. The monoisotopic (exact) mass is 277 g/mol. The molecule has 0 fully saturated rings. The number of ether oxygens (including phenoxy) is 1. The molecule has 20 heavy (non-hydrogen) atoms. The van der Waals surface area contributed by atoms with Crippen LogP contribution in [-0.2, 0) is 9.59 Å². The van der Waals surface area contributed by atoms with Crippen LogP contribution in [0, 0.1) is 6.92 Å². The zero-order valence-electron chi connectivity index (χ0n) is 12.0. The van der Waals surface area contributed by atoms with Crippen LogP contribution in [0.15, 0.2) is 18.2 Å². The third-order valence-corrected chi connectivity index (χ3v) is 3.78. The largest absolute Gasteiger partial charge is 0.480 e. The predicted octanol–water partition coefficient (Wildman–Crippen LogP) is 2.36. The third kappa shape index (κ3) is 2.24. The summed E-state index contributed by atoms with van der Waals surface area (Å²) in [6.45, 7) is 5.30. The van der Waals surface area contributed by atoms with Crippen LogP contribution in [0.25, 0.3) is 0 Å². The molecule has 0 radical (unpaired) electrons. The first kappa shape index (κ1) is 14.4. The van der Waals surface area contributed by atoms with Crippen molar-refractivity contribution in [2.75, 3.05) is 11.4 Å². The van der Waals surface area contributed by atoms with Gasteiger partial charge >= 0.3 is 5.97 Å². The van der Waals surface area contributed by atoms with Gasteiger partial charge in [-0.1, -0.05) is 19.9 Å². The van der Waals surface area contributed by atoms with Gasteiger partial charge in [0.1, 0.15) is 12.3 Å². The summed E-state index contributed by atoms with van der Waals surface area (Å²) in [5, 5.41) is 9.06. The van der Waals surface area contributed by atoms with Crippen LogP contribution in [0.3, 0.4) is 0 Å². The highest BCUT2D eigenvalue weighted by Crippen LogP contribution is 2.40. The average Bonchev–Trinajstić information content (AvgIpc) is 2.42.